The minimum Gasteiger partial charge on any atom is -0.382 e. The number of hydrogen-bond donors (Lipinski definition) is 2. The lowest BCUT2D eigenvalue weighted by atomic mass is 10.0. The van der Waals surface area contributed by atoms with E-state index in [1.54, 1.807) is 4.90 Å². The van der Waals surface area contributed by atoms with Gasteiger partial charge >= 0.3 is 0 Å². The number of H-pyrrole nitrogens is 1. The zero-order valence-corrected chi connectivity index (χ0v) is 19.7. The number of rotatable bonds is 11. The fourth-order valence-electron chi connectivity index (χ4n) is 3.41. The maximum Gasteiger partial charge on any atom is 0.256 e. The molecule has 3 aromatic rings. The van der Waals surface area contributed by atoms with E-state index in [1.807, 2.05) is 55.6 Å². The fraction of sp³-hybridized carbons (Fsp3) is 0.320. The Bertz CT molecular complexity index is 1070. The SMILES string of the molecule is CCOCCCNC(=O)[C@@H](c1ccc(C)cc1)N(Cc1cccs1)C(=O)c1ccc(=O)[nH]c1. The first-order chi connectivity index (χ1) is 16.0. The summed E-state index contributed by atoms with van der Waals surface area (Å²) < 4.78 is 5.35. The second kappa shape index (κ2) is 12.1. The Hall–Kier alpha value is -3.23. The molecule has 0 saturated carbocycles. The Kier molecular flexibility index (Phi) is 8.97. The topological polar surface area (TPSA) is 91.5 Å². The van der Waals surface area contributed by atoms with Gasteiger partial charge in [0.15, 0.2) is 0 Å². The number of carbonyl (C=O) groups excluding carboxylic acids is 2. The first-order valence-corrected chi connectivity index (χ1v) is 11.8. The van der Waals surface area contributed by atoms with Crippen LogP contribution < -0.4 is 10.9 Å². The number of pyridine rings is 1. The van der Waals surface area contributed by atoms with Crippen molar-refractivity contribution in [1.82, 2.24) is 15.2 Å². The van der Waals surface area contributed by atoms with Crippen molar-refractivity contribution in [3.8, 4) is 0 Å². The third kappa shape index (κ3) is 6.87. The van der Waals surface area contributed by atoms with Gasteiger partial charge in [0.25, 0.3) is 5.91 Å². The molecule has 0 unspecified atom stereocenters. The van der Waals surface area contributed by atoms with Gasteiger partial charge in [-0.3, -0.25) is 14.4 Å². The van der Waals surface area contributed by atoms with Crippen molar-refractivity contribution >= 4 is 23.2 Å². The van der Waals surface area contributed by atoms with Gasteiger partial charge in [0, 0.05) is 36.9 Å². The Morgan fingerprint density at radius 3 is 2.58 bits per heavy atom. The molecule has 7 nitrogen and oxygen atoms in total. The molecule has 174 valence electrons. The molecule has 0 aliphatic carbocycles. The van der Waals surface area contributed by atoms with E-state index in [-0.39, 0.29) is 23.9 Å². The average Bonchev–Trinajstić information content (AvgIpc) is 3.33. The molecule has 0 aliphatic rings. The average molecular weight is 468 g/mol. The predicted octanol–water partition coefficient (Wildman–Crippen LogP) is 3.67. The number of aromatic amines is 1. The molecule has 1 atom stereocenters. The molecule has 2 N–H and O–H groups in total. The van der Waals surface area contributed by atoms with E-state index in [0.29, 0.717) is 31.7 Å². The first-order valence-electron chi connectivity index (χ1n) is 10.9. The molecule has 0 aliphatic heterocycles. The van der Waals surface area contributed by atoms with Gasteiger partial charge in [-0.2, -0.15) is 0 Å². The molecule has 2 amide bonds. The molecule has 2 heterocycles. The number of thiophene rings is 1. The number of carbonyl (C=O) groups is 2. The van der Waals surface area contributed by atoms with Gasteiger partial charge in [0.2, 0.25) is 11.5 Å². The van der Waals surface area contributed by atoms with Gasteiger partial charge in [-0.25, -0.2) is 0 Å². The van der Waals surface area contributed by atoms with Crippen LogP contribution in [-0.2, 0) is 16.1 Å². The van der Waals surface area contributed by atoms with Crippen molar-refractivity contribution in [2.24, 2.45) is 0 Å². The molecular formula is C25H29N3O4S. The first kappa shape index (κ1) is 24.4. The van der Waals surface area contributed by atoms with E-state index >= 15 is 0 Å². The number of amides is 2. The van der Waals surface area contributed by atoms with E-state index in [0.717, 1.165) is 16.0 Å². The normalized spacial score (nSPS) is 11.7. The summed E-state index contributed by atoms with van der Waals surface area (Å²) in [5.74, 6) is -0.598. The van der Waals surface area contributed by atoms with Crippen LogP contribution in [0.15, 0.2) is 64.9 Å². The number of nitrogens with zero attached hydrogens (tertiary/aromatic N) is 1. The molecule has 0 saturated heterocycles. The van der Waals surface area contributed by atoms with E-state index in [1.165, 1.54) is 29.7 Å². The number of benzene rings is 1. The van der Waals surface area contributed by atoms with Gasteiger partial charge in [0.05, 0.1) is 12.1 Å². The Morgan fingerprint density at radius 2 is 1.94 bits per heavy atom. The van der Waals surface area contributed by atoms with Crippen LogP contribution in [0.2, 0.25) is 0 Å². The lowest BCUT2D eigenvalue weighted by Gasteiger charge is -2.31. The zero-order chi connectivity index (χ0) is 23.6. The van der Waals surface area contributed by atoms with Crippen LogP contribution in [0.1, 0.15) is 45.7 Å². The standard InChI is InChI=1S/C25H29N3O4S/c1-3-32-14-5-13-26-24(30)23(19-9-7-18(2)8-10-19)28(17-21-6-4-15-33-21)25(31)20-11-12-22(29)27-16-20/h4,6-12,15-16,23H,3,5,13-14,17H2,1-2H3,(H,26,30)(H,27,29)/t23-/m1/s1. The number of aryl methyl sites for hydroxylation is 1. The van der Waals surface area contributed by atoms with Crippen LogP contribution in [0, 0.1) is 6.92 Å². The highest BCUT2D eigenvalue weighted by Crippen LogP contribution is 2.27. The molecule has 8 heteroatoms. The highest BCUT2D eigenvalue weighted by Gasteiger charge is 2.32. The molecule has 0 fully saturated rings. The third-order valence-corrected chi connectivity index (χ3v) is 5.98. The van der Waals surface area contributed by atoms with Crippen molar-refractivity contribution in [3.05, 3.63) is 92.0 Å². The highest BCUT2D eigenvalue weighted by atomic mass is 32.1. The second-order valence-corrected chi connectivity index (χ2v) is 8.64. The zero-order valence-electron chi connectivity index (χ0n) is 18.9. The van der Waals surface area contributed by atoms with Crippen molar-refractivity contribution < 1.29 is 14.3 Å². The maximum absolute atomic E-state index is 13.6. The van der Waals surface area contributed by atoms with Crippen LogP contribution in [-0.4, -0.2) is 41.5 Å². The van der Waals surface area contributed by atoms with Crippen LogP contribution >= 0.6 is 11.3 Å². The smallest absolute Gasteiger partial charge is 0.256 e. The Morgan fingerprint density at radius 1 is 1.15 bits per heavy atom. The van der Waals surface area contributed by atoms with Crippen molar-refractivity contribution in [2.75, 3.05) is 19.8 Å². The molecule has 0 bridgehead atoms. The molecule has 0 radical (unpaired) electrons. The van der Waals surface area contributed by atoms with Gasteiger partial charge in [-0.1, -0.05) is 35.9 Å². The van der Waals surface area contributed by atoms with Crippen molar-refractivity contribution in [3.63, 3.8) is 0 Å². The summed E-state index contributed by atoms with van der Waals surface area (Å²) in [6.45, 7) is 5.79. The number of hydrogen-bond acceptors (Lipinski definition) is 5. The lowest BCUT2D eigenvalue weighted by Crippen LogP contribution is -2.43. The maximum atomic E-state index is 13.6. The number of aromatic nitrogens is 1. The van der Waals surface area contributed by atoms with Crippen LogP contribution in [0.25, 0.3) is 0 Å². The second-order valence-electron chi connectivity index (χ2n) is 7.61. The Balaban J connectivity index is 1.95. The largest absolute Gasteiger partial charge is 0.382 e. The van der Waals surface area contributed by atoms with E-state index in [4.69, 9.17) is 4.74 Å². The van der Waals surface area contributed by atoms with Crippen LogP contribution in [0.5, 0.6) is 0 Å². The van der Waals surface area contributed by atoms with Crippen molar-refractivity contribution in [1.29, 1.82) is 0 Å². The molecular weight excluding hydrogens is 438 g/mol. The van der Waals surface area contributed by atoms with E-state index in [2.05, 4.69) is 10.3 Å². The van der Waals surface area contributed by atoms with E-state index < -0.39 is 6.04 Å². The van der Waals surface area contributed by atoms with Gasteiger partial charge in [0.1, 0.15) is 6.04 Å². The summed E-state index contributed by atoms with van der Waals surface area (Å²) in [6.07, 6.45) is 2.07. The summed E-state index contributed by atoms with van der Waals surface area (Å²) in [7, 11) is 0. The number of ether oxygens (including phenoxy) is 1. The fourth-order valence-corrected chi connectivity index (χ4v) is 4.11. The summed E-state index contributed by atoms with van der Waals surface area (Å²) in [5.41, 5.74) is 1.80. The molecule has 33 heavy (non-hydrogen) atoms. The summed E-state index contributed by atoms with van der Waals surface area (Å²) >= 11 is 1.52. The molecule has 1 aromatic carbocycles. The van der Waals surface area contributed by atoms with Crippen LogP contribution in [0.3, 0.4) is 0 Å². The van der Waals surface area contributed by atoms with Crippen molar-refractivity contribution in [2.45, 2.75) is 32.9 Å². The van der Waals surface area contributed by atoms with E-state index in [9.17, 15) is 14.4 Å². The molecule has 2 aromatic heterocycles. The number of nitrogens with one attached hydrogen (secondary N) is 2. The third-order valence-electron chi connectivity index (χ3n) is 5.12. The molecule has 3 rings (SSSR count). The monoisotopic (exact) mass is 467 g/mol. The minimum atomic E-state index is -0.834. The Labute approximate surface area is 197 Å². The molecule has 0 spiro atoms. The summed E-state index contributed by atoms with van der Waals surface area (Å²) in [4.78, 5) is 43.6. The van der Waals surface area contributed by atoms with Gasteiger partial charge in [-0.15, -0.1) is 11.3 Å². The van der Waals surface area contributed by atoms with Crippen LogP contribution in [0.4, 0.5) is 0 Å². The predicted molar refractivity (Wildman–Crippen MR) is 129 cm³/mol. The summed E-state index contributed by atoms with van der Waals surface area (Å²) in [5, 5.41) is 4.90. The highest BCUT2D eigenvalue weighted by molar-refractivity contribution is 7.09. The minimum absolute atomic E-state index is 0.260. The van der Waals surface area contributed by atoms with Gasteiger partial charge < -0.3 is 19.9 Å². The lowest BCUT2D eigenvalue weighted by molar-refractivity contribution is -0.126. The van der Waals surface area contributed by atoms with Gasteiger partial charge in [-0.05, 0) is 43.3 Å². The quantitative estimate of drug-likeness (QED) is 0.421. The summed E-state index contributed by atoms with van der Waals surface area (Å²) in [6, 6.07) is 13.4.